The van der Waals surface area contributed by atoms with Gasteiger partial charge >= 0.3 is 0 Å². The Hall–Kier alpha value is -3.20. The second-order valence-corrected chi connectivity index (χ2v) is 10.3. The molecule has 1 atom stereocenters. The van der Waals surface area contributed by atoms with Crippen LogP contribution in [0.15, 0.2) is 48.5 Å². The van der Waals surface area contributed by atoms with Gasteiger partial charge in [0.15, 0.2) is 0 Å². The predicted molar refractivity (Wildman–Crippen MR) is 148 cm³/mol. The molecule has 9 heteroatoms. The van der Waals surface area contributed by atoms with Gasteiger partial charge in [0.2, 0.25) is 17.6 Å². The zero-order valence-corrected chi connectivity index (χ0v) is 22.3. The zero-order chi connectivity index (χ0) is 26.0. The second kappa shape index (κ2) is 13.4. The minimum absolute atomic E-state index is 0.0467. The summed E-state index contributed by atoms with van der Waals surface area (Å²) >= 11 is 4.48. The van der Waals surface area contributed by atoms with Crippen molar-refractivity contribution in [2.75, 3.05) is 13.1 Å². The third-order valence-electron chi connectivity index (χ3n) is 6.78. The molecule has 1 unspecified atom stereocenters. The highest BCUT2D eigenvalue weighted by molar-refractivity contribution is 7.81. The van der Waals surface area contributed by atoms with E-state index in [0.717, 1.165) is 53.9 Å². The highest BCUT2D eigenvalue weighted by Gasteiger charge is 2.24. The summed E-state index contributed by atoms with van der Waals surface area (Å²) in [6.45, 7) is 3.47. The maximum Gasteiger partial charge on any atom is 0.232 e. The second-order valence-electron chi connectivity index (χ2n) is 9.72. The van der Waals surface area contributed by atoms with Gasteiger partial charge in [-0.15, -0.1) is 10.2 Å². The summed E-state index contributed by atoms with van der Waals surface area (Å²) in [5.74, 6) is 1.40. The average molecular weight is 521 g/mol. The third-order valence-corrected chi connectivity index (χ3v) is 7.27. The number of carbonyl (C=O) groups is 2. The Labute approximate surface area is 224 Å². The van der Waals surface area contributed by atoms with E-state index >= 15 is 0 Å². The number of rotatable bonds is 14. The molecule has 0 aliphatic heterocycles. The van der Waals surface area contributed by atoms with Crippen molar-refractivity contribution in [3.8, 4) is 22.5 Å². The van der Waals surface area contributed by atoms with Crippen molar-refractivity contribution in [1.29, 1.82) is 0 Å². The van der Waals surface area contributed by atoms with Crippen LogP contribution in [-0.4, -0.2) is 55.7 Å². The van der Waals surface area contributed by atoms with Gasteiger partial charge in [-0.2, -0.15) is 17.8 Å². The van der Waals surface area contributed by atoms with E-state index in [1.807, 2.05) is 41.3 Å². The van der Waals surface area contributed by atoms with E-state index in [9.17, 15) is 9.59 Å². The summed E-state index contributed by atoms with van der Waals surface area (Å²) in [6.07, 6.45) is 6.77. The van der Waals surface area contributed by atoms with Crippen LogP contribution in [0.1, 0.15) is 57.4 Å². The van der Waals surface area contributed by atoms with Crippen molar-refractivity contribution < 1.29 is 9.59 Å². The molecule has 4 rings (SSSR count). The molecule has 2 N–H and O–H groups in total. The lowest BCUT2D eigenvalue weighted by molar-refractivity contribution is -0.132. The molecule has 0 bridgehead atoms. The van der Waals surface area contributed by atoms with Crippen LogP contribution in [0, 0.1) is 5.92 Å². The fourth-order valence-corrected chi connectivity index (χ4v) is 4.60. The van der Waals surface area contributed by atoms with Crippen LogP contribution < -0.4 is 5.32 Å². The number of aromatic nitrogens is 4. The van der Waals surface area contributed by atoms with Crippen molar-refractivity contribution in [3.63, 3.8) is 0 Å². The Bertz CT molecular complexity index is 1150. The number of nitrogens with zero attached hydrogens (tertiary/aromatic N) is 4. The number of unbranched alkanes of at least 4 members (excludes halogenated alkanes) is 1. The average Bonchev–Trinajstić information content (AvgIpc) is 3.60. The quantitative estimate of drug-likeness (QED) is 0.268. The van der Waals surface area contributed by atoms with E-state index in [2.05, 4.69) is 57.6 Å². The number of tetrazole rings is 1. The van der Waals surface area contributed by atoms with E-state index in [4.69, 9.17) is 0 Å². The Balaban J connectivity index is 1.38. The molecule has 1 aromatic heterocycles. The summed E-state index contributed by atoms with van der Waals surface area (Å²) < 4.78 is 0. The molecule has 1 heterocycles. The van der Waals surface area contributed by atoms with E-state index in [1.54, 1.807) is 0 Å². The van der Waals surface area contributed by atoms with Gasteiger partial charge in [-0.1, -0.05) is 74.7 Å². The summed E-state index contributed by atoms with van der Waals surface area (Å²) in [4.78, 5) is 27.2. The van der Waals surface area contributed by atoms with Gasteiger partial charge in [0.1, 0.15) is 0 Å². The monoisotopic (exact) mass is 520 g/mol. The number of carbonyl (C=O) groups excluding carboxylic acids is 2. The number of nitrogens with one attached hydrogen (secondary N) is 2. The molecule has 2 aromatic carbocycles. The van der Waals surface area contributed by atoms with Crippen LogP contribution >= 0.6 is 12.6 Å². The largest absolute Gasteiger partial charge is 0.353 e. The summed E-state index contributed by atoms with van der Waals surface area (Å²) in [6, 6.07) is 16.1. The van der Waals surface area contributed by atoms with Gasteiger partial charge in [0.05, 0.1) is 5.25 Å². The standard InChI is InChI=1S/C28H36N6O2S/c1-2-3-8-26(35)34(18-17-29-28(36)25(37)16-13-20-9-10-20)19-21-11-14-22(15-12-21)23-6-4-5-7-24(23)27-30-32-33-31-27/h4-7,11-12,14-15,20,25,37H,2-3,8-10,13,16-19H2,1H3,(H,29,36)(H,30,31,32,33). The first kappa shape index (κ1) is 26.9. The van der Waals surface area contributed by atoms with Crippen LogP contribution in [-0.2, 0) is 16.1 Å². The Kier molecular flexibility index (Phi) is 9.71. The molecule has 0 radical (unpaired) electrons. The molecule has 0 spiro atoms. The fraction of sp³-hybridized carbons (Fsp3) is 0.464. The lowest BCUT2D eigenvalue weighted by atomic mass is 9.98. The van der Waals surface area contributed by atoms with Crippen molar-refractivity contribution >= 4 is 24.4 Å². The molecular formula is C28H36N6O2S. The maximum atomic E-state index is 12.9. The van der Waals surface area contributed by atoms with Crippen LogP contribution in [0.4, 0.5) is 0 Å². The van der Waals surface area contributed by atoms with Crippen molar-refractivity contribution in [2.45, 2.75) is 63.7 Å². The molecule has 1 aliphatic rings. The molecule has 8 nitrogen and oxygen atoms in total. The number of amides is 2. The van der Waals surface area contributed by atoms with E-state index in [0.29, 0.717) is 31.9 Å². The Morgan fingerprint density at radius 1 is 1.14 bits per heavy atom. The lowest BCUT2D eigenvalue weighted by Gasteiger charge is -2.24. The van der Waals surface area contributed by atoms with Crippen molar-refractivity contribution in [3.05, 3.63) is 54.1 Å². The Morgan fingerprint density at radius 2 is 1.89 bits per heavy atom. The topological polar surface area (TPSA) is 104 Å². The van der Waals surface area contributed by atoms with Gasteiger partial charge in [-0.25, -0.2) is 0 Å². The normalized spacial score (nSPS) is 13.8. The van der Waals surface area contributed by atoms with Gasteiger partial charge in [-0.3, -0.25) is 9.59 Å². The van der Waals surface area contributed by atoms with Crippen molar-refractivity contribution in [2.24, 2.45) is 5.92 Å². The summed E-state index contributed by atoms with van der Waals surface area (Å²) in [7, 11) is 0. The van der Waals surface area contributed by atoms with Gasteiger partial charge < -0.3 is 10.2 Å². The van der Waals surface area contributed by atoms with E-state index in [-0.39, 0.29) is 17.1 Å². The number of aromatic amines is 1. The van der Waals surface area contributed by atoms with Gasteiger partial charge in [0, 0.05) is 31.6 Å². The molecule has 1 fully saturated rings. The third kappa shape index (κ3) is 7.89. The molecule has 37 heavy (non-hydrogen) atoms. The van der Waals surface area contributed by atoms with E-state index in [1.165, 1.54) is 12.8 Å². The smallest absolute Gasteiger partial charge is 0.232 e. The van der Waals surface area contributed by atoms with Gasteiger partial charge in [0.25, 0.3) is 0 Å². The molecule has 1 aliphatic carbocycles. The first-order valence-corrected chi connectivity index (χ1v) is 13.7. The number of hydrogen-bond donors (Lipinski definition) is 3. The Morgan fingerprint density at radius 3 is 2.57 bits per heavy atom. The highest BCUT2D eigenvalue weighted by Crippen LogP contribution is 2.34. The van der Waals surface area contributed by atoms with Gasteiger partial charge in [-0.05, 0) is 47.1 Å². The minimum Gasteiger partial charge on any atom is -0.353 e. The number of benzene rings is 2. The molecule has 196 valence electrons. The first-order chi connectivity index (χ1) is 18.0. The lowest BCUT2D eigenvalue weighted by Crippen LogP contribution is -2.40. The molecular weight excluding hydrogens is 484 g/mol. The number of hydrogen-bond acceptors (Lipinski definition) is 6. The number of H-pyrrole nitrogens is 1. The van der Waals surface area contributed by atoms with Crippen LogP contribution in [0.5, 0.6) is 0 Å². The predicted octanol–water partition coefficient (Wildman–Crippen LogP) is 4.66. The zero-order valence-electron chi connectivity index (χ0n) is 21.4. The molecule has 0 saturated heterocycles. The fourth-order valence-electron chi connectivity index (χ4n) is 4.36. The molecule has 3 aromatic rings. The maximum absolute atomic E-state index is 12.9. The van der Waals surface area contributed by atoms with Crippen LogP contribution in [0.25, 0.3) is 22.5 Å². The minimum atomic E-state index is -0.285. The highest BCUT2D eigenvalue weighted by atomic mass is 32.1. The SMILES string of the molecule is CCCCC(=O)N(CCNC(=O)C(S)CCC1CC1)Cc1ccc(-c2ccccc2-c2nn[nH]n2)cc1. The van der Waals surface area contributed by atoms with Crippen LogP contribution in [0.2, 0.25) is 0 Å². The molecule has 1 saturated carbocycles. The summed E-state index contributed by atoms with van der Waals surface area (Å²) in [5.41, 5.74) is 3.98. The van der Waals surface area contributed by atoms with E-state index < -0.39 is 0 Å². The number of thiol groups is 1. The molecule has 2 amide bonds. The van der Waals surface area contributed by atoms with Crippen LogP contribution in [0.3, 0.4) is 0 Å². The summed E-state index contributed by atoms with van der Waals surface area (Å²) in [5, 5.41) is 17.1. The van der Waals surface area contributed by atoms with Crippen molar-refractivity contribution in [1.82, 2.24) is 30.8 Å². The first-order valence-electron chi connectivity index (χ1n) is 13.2.